The molecule has 0 saturated carbocycles. The highest BCUT2D eigenvalue weighted by Crippen LogP contribution is 2.08. The average Bonchev–Trinajstić information content (AvgIpc) is 2.44. The largest absolute Gasteiger partial charge is 0.352 e. The molecule has 0 bridgehead atoms. The maximum atomic E-state index is 12.0. The fourth-order valence-electron chi connectivity index (χ4n) is 1.88. The maximum absolute atomic E-state index is 12.0. The molecule has 3 amide bonds. The van der Waals surface area contributed by atoms with Crippen LogP contribution in [0.3, 0.4) is 0 Å². The lowest BCUT2D eigenvalue weighted by Crippen LogP contribution is -2.49. The molecule has 0 aromatic heterocycles. The number of nitrogens with one attached hydrogen (secondary N) is 2. The molecule has 0 aliphatic heterocycles. The molecule has 118 valence electrons. The lowest BCUT2D eigenvalue weighted by Gasteiger charge is -2.18. The number of amides is 3. The SMILES string of the molecule is CCC[C@@H](NC(N)=O)C(=O)NCC(N)c1ccccc1.Cl. The lowest BCUT2D eigenvalue weighted by atomic mass is 10.1. The van der Waals surface area contributed by atoms with Crippen LogP contribution < -0.4 is 22.1 Å². The van der Waals surface area contributed by atoms with E-state index in [1.54, 1.807) is 0 Å². The van der Waals surface area contributed by atoms with Gasteiger partial charge in [-0.25, -0.2) is 4.79 Å². The number of carbonyl (C=O) groups is 2. The highest BCUT2D eigenvalue weighted by atomic mass is 35.5. The van der Waals surface area contributed by atoms with E-state index in [1.165, 1.54) is 0 Å². The number of hydrogen-bond donors (Lipinski definition) is 4. The van der Waals surface area contributed by atoms with E-state index in [0.29, 0.717) is 13.0 Å². The van der Waals surface area contributed by atoms with Crippen molar-refractivity contribution in [3.63, 3.8) is 0 Å². The topological polar surface area (TPSA) is 110 Å². The molecule has 0 radical (unpaired) electrons. The molecular weight excluding hydrogens is 292 g/mol. The molecular formula is C14H23ClN4O2. The van der Waals surface area contributed by atoms with Crippen LogP contribution in [0.15, 0.2) is 30.3 Å². The number of halogens is 1. The fraction of sp³-hybridized carbons (Fsp3) is 0.429. The molecule has 0 aliphatic rings. The molecule has 0 heterocycles. The Morgan fingerprint density at radius 1 is 1.24 bits per heavy atom. The predicted molar refractivity (Wildman–Crippen MR) is 85.0 cm³/mol. The molecule has 0 spiro atoms. The zero-order valence-corrected chi connectivity index (χ0v) is 12.9. The van der Waals surface area contributed by atoms with Crippen LogP contribution in [-0.2, 0) is 4.79 Å². The van der Waals surface area contributed by atoms with Crippen molar-refractivity contribution in [3.05, 3.63) is 35.9 Å². The number of rotatable bonds is 7. The summed E-state index contributed by atoms with van der Waals surface area (Å²) in [5, 5.41) is 5.17. The van der Waals surface area contributed by atoms with Crippen LogP contribution in [-0.4, -0.2) is 24.5 Å². The van der Waals surface area contributed by atoms with Crippen LogP contribution >= 0.6 is 12.4 Å². The van der Waals surface area contributed by atoms with E-state index in [1.807, 2.05) is 37.3 Å². The first-order valence-corrected chi connectivity index (χ1v) is 6.68. The van der Waals surface area contributed by atoms with Gasteiger partial charge in [-0.2, -0.15) is 0 Å². The number of hydrogen-bond acceptors (Lipinski definition) is 3. The van der Waals surface area contributed by atoms with E-state index in [9.17, 15) is 9.59 Å². The molecule has 2 atom stereocenters. The quantitative estimate of drug-likeness (QED) is 0.604. The molecule has 6 N–H and O–H groups in total. The van der Waals surface area contributed by atoms with Crippen LogP contribution in [0.1, 0.15) is 31.4 Å². The number of carbonyl (C=O) groups excluding carboxylic acids is 2. The molecule has 1 unspecified atom stereocenters. The second kappa shape index (κ2) is 10.0. The Labute approximate surface area is 131 Å². The predicted octanol–water partition coefficient (Wildman–Crippen LogP) is 1.06. The third-order valence-electron chi connectivity index (χ3n) is 2.93. The summed E-state index contributed by atoms with van der Waals surface area (Å²) in [4.78, 5) is 22.8. The fourth-order valence-corrected chi connectivity index (χ4v) is 1.88. The van der Waals surface area contributed by atoms with E-state index in [2.05, 4.69) is 10.6 Å². The number of benzene rings is 1. The monoisotopic (exact) mass is 314 g/mol. The summed E-state index contributed by atoms with van der Waals surface area (Å²) in [6.45, 7) is 2.24. The van der Waals surface area contributed by atoms with Gasteiger partial charge in [0.15, 0.2) is 0 Å². The van der Waals surface area contributed by atoms with Gasteiger partial charge in [-0.3, -0.25) is 4.79 Å². The van der Waals surface area contributed by atoms with Crippen molar-refractivity contribution >= 4 is 24.3 Å². The highest BCUT2D eigenvalue weighted by Gasteiger charge is 2.19. The Hall–Kier alpha value is -1.79. The van der Waals surface area contributed by atoms with E-state index in [-0.39, 0.29) is 24.4 Å². The van der Waals surface area contributed by atoms with Crippen molar-refractivity contribution in [2.24, 2.45) is 11.5 Å². The van der Waals surface area contributed by atoms with Gasteiger partial charge in [0.2, 0.25) is 5.91 Å². The summed E-state index contributed by atoms with van der Waals surface area (Å²) in [6.07, 6.45) is 1.30. The normalized spacial score (nSPS) is 12.7. The standard InChI is InChI=1S/C14H22N4O2.ClH/c1-2-6-12(18-14(16)20)13(19)17-9-11(15)10-7-4-3-5-8-10;/h3-5,7-8,11-12H,2,6,9,15H2,1H3,(H,17,19)(H3,16,18,20);1H/t11?,12-;/m1./s1. The third-order valence-corrected chi connectivity index (χ3v) is 2.93. The first-order chi connectivity index (χ1) is 9.54. The van der Waals surface area contributed by atoms with Crippen LogP contribution in [0.5, 0.6) is 0 Å². The second-order valence-corrected chi connectivity index (χ2v) is 4.61. The number of urea groups is 1. The summed E-state index contributed by atoms with van der Waals surface area (Å²) in [7, 11) is 0. The van der Waals surface area contributed by atoms with Crippen LogP contribution in [0.4, 0.5) is 4.79 Å². The molecule has 6 nitrogen and oxygen atoms in total. The summed E-state index contributed by atoms with van der Waals surface area (Å²) in [6, 6.07) is 7.91. The Balaban J connectivity index is 0.00000400. The van der Waals surface area contributed by atoms with Crippen molar-refractivity contribution in [2.45, 2.75) is 31.8 Å². The Bertz CT molecular complexity index is 442. The summed E-state index contributed by atoms with van der Waals surface area (Å²) < 4.78 is 0. The Morgan fingerprint density at radius 3 is 2.38 bits per heavy atom. The lowest BCUT2D eigenvalue weighted by molar-refractivity contribution is -0.123. The molecule has 21 heavy (non-hydrogen) atoms. The molecule has 1 aromatic carbocycles. The van der Waals surface area contributed by atoms with E-state index >= 15 is 0 Å². The molecule has 7 heteroatoms. The number of primary amides is 1. The third kappa shape index (κ3) is 6.97. The number of nitrogens with two attached hydrogens (primary N) is 2. The van der Waals surface area contributed by atoms with E-state index < -0.39 is 12.1 Å². The first-order valence-electron chi connectivity index (χ1n) is 6.68. The average molecular weight is 315 g/mol. The van der Waals surface area contributed by atoms with Crippen molar-refractivity contribution < 1.29 is 9.59 Å². The van der Waals surface area contributed by atoms with Crippen LogP contribution in [0.25, 0.3) is 0 Å². The van der Waals surface area contributed by atoms with Crippen molar-refractivity contribution in [1.82, 2.24) is 10.6 Å². The second-order valence-electron chi connectivity index (χ2n) is 4.61. The van der Waals surface area contributed by atoms with Crippen LogP contribution in [0.2, 0.25) is 0 Å². The van der Waals surface area contributed by atoms with Gasteiger partial charge in [0.25, 0.3) is 0 Å². The first kappa shape index (κ1) is 19.2. The zero-order valence-electron chi connectivity index (χ0n) is 12.0. The van der Waals surface area contributed by atoms with Crippen molar-refractivity contribution in [1.29, 1.82) is 0 Å². The minimum atomic E-state index is -0.703. The summed E-state index contributed by atoms with van der Waals surface area (Å²) in [5.41, 5.74) is 12.0. The highest BCUT2D eigenvalue weighted by molar-refractivity contribution is 5.86. The van der Waals surface area contributed by atoms with Gasteiger partial charge in [0, 0.05) is 12.6 Å². The molecule has 0 fully saturated rings. The Kier molecular flexibility index (Phi) is 9.16. The van der Waals surface area contributed by atoms with Gasteiger partial charge in [-0.1, -0.05) is 43.7 Å². The van der Waals surface area contributed by atoms with Crippen molar-refractivity contribution in [2.75, 3.05) is 6.54 Å². The van der Waals surface area contributed by atoms with Crippen LogP contribution in [0, 0.1) is 0 Å². The molecule has 1 rings (SSSR count). The van der Waals surface area contributed by atoms with Gasteiger partial charge in [-0.05, 0) is 12.0 Å². The van der Waals surface area contributed by atoms with E-state index in [0.717, 1.165) is 12.0 Å². The maximum Gasteiger partial charge on any atom is 0.312 e. The van der Waals surface area contributed by atoms with Gasteiger partial charge in [0.05, 0.1) is 0 Å². The Morgan fingerprint density at radius 2 is 1.86 bits per heavy atom. The molecule has 1 aromatic rings. The minimum absolute atomic E-state index is 0. The summed E-state index contributed by atoms with van der Waals surface area (Å²) >= 11 is 0. The van der Waals surface area contributed by atoms with E-state index in [4.69, 9.17) is 11.5 Å². The van der Waals surface area contributed by atoms with Gasteiger partial charge < -0.3 is 22.1 Å². The molecule has 0 aliphatic carbocycles. The van der Waals surface area contributed by atoms with Gasteiger partial charge in [0.1, 0.15) is 6.04 Å². The molecule has 0 saturated heterocycles. The summed E-state index contributed by atoms with van der Waals surface area (Å²) in [5.74, 6) is -0.267. The van der Waals surface area contributed by atoms with Crippen molar-refractivity contribution in [3.8, 4) is 0 Å². The smallest absolute Gasteiger partial charge is 0.312 e. The minimum Gasteiger partial charge on any atom is -0.352 e. The van der Waals surface area contributed by atoms with Gasteiger partial charge >= 0.3 is 6.03 Å². The van der Waals surface area contributed by atoms with Gasteiger partial charge in [-0.15, -0.1) is 12.4 Å². The zero-order chi connectivity index (χ0) is 15.0.